The van der Waals surface area contributed by atoms with Crippen LogP contribution in [-0.4, -0.2) is 52.9 Å². The Morgan fingerprint density at radius 1 is 1.09 bits per heavy atom. The molecule has 2 fully saturated rings. The molecule has 2 N–H and O–H groups in total. The maximum atomic E-state index is 12.8. The Balaban J connectivity index is 1.63. The van der Waals surface area contributed by atoms with Crippen molar-refractivity contribution >= 4 is 15.9 Å². The van der Waals surface area contributed by atoms with Crippen molar-refractivity contribution in [3.05, 3.63) is 88.2 Å². The highest BCUT2D eigenvalue weighted by molar-refractivity contribution is 9.10. The Morgan fingerprint density at radius 2 is 1.80 bits per heavy atom. The average molecular weight is 537 g/mol. The van der Waals surface area contributed by atoms with Crippen molar-refractivity contribution < 1.29 is 19.7 Å². The van der Waals surface area contributed by atoms with Gasteiger partial charge >= 0.3 is 0 Å². The van der Waals surface area contributed by atoms with Crippen molar-refractivity contribution in [2.24, 2.45) is 5.92 Å². The van der Waals surface area contributed by atoms with E-state index in [-0.39, 0.29) is 11.8 Å². The molecule has 3 aliphatic rings. The van der Waals surface area contributed by atoms with E-state index in [1.807, 2.05) is 42.5 Å². The quantitative estimate of drug-likeness (QED) is 0.509. The van der Waals surface area contributed by atoms with Gasteiger partial charge in [-0.15, -0.1) is 0 Å². The smallest absolute Gasteiger partial charge is 0.177 e. The SMILES string of the molecule is COc1cncc2c1[C@]1(O)[C@H](O)C(CN3CCCC3)C(c3ccccc3)C1(c1ccc(Br)cc1)O2. The summed E-state index contributed by atoms with van der Waals surface area (Å²) in [6.45, 7) is 2.67. The Hall–Kier alpha value is -2.45. The van der Waals surface area contributed by atoms with Crippen molar-refractivity contribution in [3.63, 3.8) is 0 Å². The zero-order valence-corrected chi connectivity index (χ0v) is 21.2. The number of pyridine rings is 1. The molecule has 5 atom stereocenters. The van der Waals surface area contributed by atoms with Crippen molar-refractivity contribution in [2.75, 3.05) is 26.7 Å². The number of fused-ring (bicyclic) bond motifs is 3. The third-order valence-electron chi connectivity index (χ3n) is 8.11. The van der Waals surface area contributed by atoms with Gasteiger partial charge < -0.3 is 24.6 Å². The molecule has 3 unspecified atom stereocenters. The number of halogens is 1. The molecule has 1 saturated carbocycles. The van der Waals surface area contributed by atoms with Crippen LogP contribution in [0.15, 0.2) is 71.5 Å². The minimum absolute atomic E-state index is 0.268. The third-order valence-corrected chi connectivity index (χ3v) is 8.64. The Kier molecular flexibility index (Phi) is 5.64. The summed E-state index contributed by atoms with van der Waals surface area (Å²) >= 11 is 3.54. The van der Waals surface area contributed by atoms with E-state index in [2.05, 4.69) is 37.9 Å². The molecule has 3 heterocycles. The monoisotopic (exact) mass is 536 g/mol. The average Bonchev–Trinajstić information content (AvgIpc) is 3.53. The van der Waals surface area contributed by atoms with Gasteiger partial charge in [-0.25, -0.2) is 0 Å². The number of hydrogen-bond donors (Lipinski definition) is 2. The minimum Gasteiger partial charge on any atom is -0.495 e. The van der Waals surface area contributed by atoms with Crippen LogP contribution in [0.25, 0.3) is 0 Å². The van der Waals surface area contributed by atoms with Crippen molar-refractivity contribution in [3.8, 4) is 11.5 Å². The predicted octanol–water partition coefficient (Wildman–Crippen LogP) is 4.20. The maximum absolute atomic E-state index is 12.8. The van der Waals surface area contributed by atoms with Gasteiger partial charge in [-0.2, -0.15) is 0 Å². The van der Waals surface area contributed by atoms with Crippen LogP contribution in [0.2, 0.25) is 0 Å². The Bertz CT molecular complexity index is 1220. The lowest BCUT2D eigenvalue weighted by Gasteiger charge is -2.41. The number of likely N-dealkylation sites (tertiary alicyclic amines) is 1. The summed E-state index contributed by atoms with van der Waals surface area (Å²) in [7, 11) is 1.55. The number of nitrogens with zero attached hydrogens (tertiary/aromatic N) is 2. The number of methoxy groups -OCH3 is 1. The van der Waals surface area contributed by atoms with Crippen LogP contribution in [0.5, 0.6) is 11.5 Å². The van der Waals surface area contributed by atoms with Crippen LogP contribution in [0.1, 0.15) is 35.4 Å². The number of ether oxygens (including phenoxy) is 2. The van der Waals surface area contributed by atoms with E-state index in [0.717, 1.165) is 41.5 Å². The molecule has 6 nitrogen and oxygen atoms in total. The van der Waals surface area contributed by atoms with E-state index in [9.17, 15) is 10.2 Å². The van der Waals surface area contributed by atoms with Gasteiger partial charge in [0.2, 0.25) is 0 Å². The minimum atomic E-state index is -1.74. The summed E-state index contributed by atoms with van der Waals surface area (Å²) in [6, 6.07) is 18.0. The maximum Gasteiger partial charge on any atom is 0.177 e. The number of rotatable bonds is 5. The molecule has 2 aliphatic heterocycles. The second kappa shape index (κ2) is 8.59. The first-order valence-electron chi connectivity index (χ1n) is 12.2. The standard InChI is InChI=1S/C28H29BrN2O4/c1-34-22-15-30-16-23-25(22)27(33)26(32)21(17-31-13-5-6-14-31)24(18-7-3-2-4-8-18)28(27,35-23)19-9-11-20(29)12-10-19/h2-4,7-12,15-16,21,24,26,32-33H,5-6,13-14,17H2,1H3/t21?,24?,26-,27+,28?/m1/s1. The van der Waals surface area contributed by atoms with E-state index in [0.29, 0.717) is 23.6 Å². The molecule has 0 bridgehead atoms. The number of aromatic nitrogens is 1. The summed E-state index contributed by atoms with van der Waals surface area (Å²) < 4.78 is 13.4. The molecule has 3 aromatic rings. The van der Waals surface area contributed by atoms with Gasteiger partial charge in [0.05, 0.1) is 31.2 Å². The first-order chi connectivity index (χ1) is 17.0. The second-order valence-electron chi connectivity index (χ2n) is 9.83. The van der Waals surface area contributed by atoms with Crippen molar-refractivity contribution in [1.29, 1.82) is 0 Å². The molecule has 1 aliphatic carbocycles. The highest BCUT2D eigenvalue weighted by Gasteiger charge is 2.76. The van der Waals surface area contributed by atoms with Crippen LogP contribution >= 0.6 is 15.9 Å². The largest absolute Gasteiger partial charge is 0.495 e. The lowest BCUT2D eigenvalue weighted by molar-refractivity contribution is -0.152. The van der Waals surface area contributed by atoms with Gasteiger partial charge in [0.1, 0.15) is 11.5 Å². The van der Waals surface area contributed by atoms with Gasteiger partial charge in [-0.3, -0.25) is 4.98 Å². The molecular formula is C28H29BrN2O4. The van der Waals surface area contributed by atoms with Gasteiger partial charge in [-0.05, 0) is 49.2 Å². The number of benzene rings is 2. The topological polar surface area (TPSA) is 75.0 Å². The predicted molar refractivity (Wildman–Crippen MR) is 135 cm³/mol. The van der Waals surface area contributed by atoms with Gasteiger partial charge in [0.15, 0.2) is 11.2 Å². The molecule has 2 aromatic carbocycles. The van der Waals surface area contributed by atoms with Crippen LogP contribution in [0.4, 0.5) is 0 Å². The van der Waals surface area contributed by atoms with E-state index in [4.69, 9.17) is 9.47 Å². The van der Waals surface area contributed by atoms with E-state index >= 15 is 0 Å². The zero-order chi connectivity index (χ0) is 24.2. The molecule has 0 amide bonds. The summed E-state index contributed by atoms with van der Waals surface area (Å²) in [5.74, 6) is 0.267. The lowest BCUT2D eigenvalue weighted by atomic mass is 9.70. The lowest BCUT2D eigenvalue weighted by Crippen LogP contribution is -2.52. The number of aliphatic hydroxyl groups excluding tert-OH is 1. The number of aliphatic hydroxyl groups is 2. The molecule has 0 radical (unpaired) electrons. The Morgan fingerprint density at radius 3 is 2.49 bits per heavy atom. The van der Waals surface area contributed by atoms with Gasteiger partial charge in [0.25, 0.3) is 0 Å². The molecule has 182 valence electrons. The summed E-state index contributed by atoms with van der Waals surface area (Å²) in [5.41, 5.74) is -0.713. The molecule has 0 spiro atoms. The zero-order valence-electron chi connectivity index (χ0n) is 19.6. The van der Waals surface area contributed by atoms with Crippen LogP contribution in [0.3, 0.4) is 0 Å². The molecule has 35 heavy (non-hydrogen) atoms. The summed E-state index contributed by atoms with van der Waals surface area (Å²) in [6.07, 6.45) is 4.41. The van der Waals surface area contributed by atoms with Gasteiger partial charge in [0, 0.05) is 22.9 Å². The van der Waals surface area contributed by atoms with Crippen LogP contribution in [-0.2, 0) is 11.2 Å². The first kappa shape index (κ1) is 23.0. The van der Waals surface area contributed by atoms with Crippen molar-refractivity contribution in [2.45, 2.75) is 36.1 Å². The third kappa shape index (κ3) is 3.22. The van der Waals surface area contributed by atoms with E-state index in [1.165, 1.54) is 0 Å². The summed E-state index contributed by atoms with van der Waals surface area (Å²) in [5, 5.41) is 24.9. The van der Waals surface area contributed by atoms with Crippen LogP contribution < -0.4 is 9.47 Å². The van der Waals surface area contributed by atoms with E-state index < -0.39 is 17.3 Å². The van der Waals surface area contributed by atoms with Gasteiger partial charge in [-0.1, -0.05) is 58.4 Å². The highest BCUT2D eigenvalue weighted by atomic mass is 79.9. The fourth-order valence-corrected chi connectivity index (χ4v) is 6.96. The fraction of sp³-hybridized carbons (Fsp3) is 0.393. The molecule has 1 aromatic heterocycles. The van der Waals surface area contributed by atoms with E-state index in [1.54, 1.807) is 19.5 Å². The number of hydrogen-bond acceptors (Lipinski definition) is 6. The molecular weight excluding hydrogens is 508 g/mol. The molecule has 1 saturated heterocycles. The fourth-order valence-electron chi connectivity index (χ4n) is 6.70. The second-order valence-corrected chi connectivity index (χ2v) is 10.7. The molecule has 6 rings (SSSR count). The highest BCUT2D eigenvalue weighted by Crippen LogP contribution is 2.69. The normalized spacial score (nSPS) is 31.7. The van der Waals surface area contributed by atoms with Crippen LogP contribution in [0, 0.1) is 5.92 Å². The van der Waals surface area contributed by atoms with Crippen molar-refractivity contribution in [1.82, 2.24) is 9.88 Å². The first-order valence-corrected chi connectivity index (χ1v) is 12.9. The molecule has 7 heteroatoms. The summed E-state index contributed by atoms with van der Waals surface area (Å²) in [4.78, 5) is 6.69. The Labute approximate surface area is 213 Å².